The van der Waals surface area contributed by atoms with Crippen LogP contribution in [0.15, 0.2) is 35.3 Å². The highest BCUT2D eigenvalue weighted by Crippen LogP contribution is 2.32. The number of hydrogen-bond acceptors (Lipinski definition) is 2. The van der Waals surface area contributed by atoms with Gasteiger partial charge in [0.1, 0.15) is 0 Å². The average Bonchev–Trinajstić information content (AvgIpc) is 2.64. The molecule has 2 aliphatic heterocycles. The molecule has 3 rings (SSSR count). The van der Waals surface area contributed by atoms with Crippen LogP contribution in [-0.4, -0.2) is 62.6 Å². The molecule has 1 N–H and O–H groups in total. The molecule has 2 aliphatic rings. The molecule has 1 aromatic rings. The Kier molecular flexibility index (Phi) is 8.67. The number of rotatable bonds is 3. The van der Waals surface area contributed by atoms with Crippen molar-refractivity contribution in [2.75, 3.05) is 46.8 Å². The molecular weight excluding hydrogens is 435 g/mol. The van der Waals surface area contributed by atoms with Crippen molar-refractivity contribution in [1.29, 1.82) is 0 Å². The summed E-state index contributed by atoms with van der Waals surface area (Å²) in [5, 5.41) is 3.66. The zero-order valence-corrected chi connectivity index (χ0v) is 18.9. The van der Waals surface area contributed by atoms with Crippen LogP contribution in [0.4, 0.5) is 0 Å². The lowest BCUT2D eigenvalue weighted by Crippen LogP contribution is -2.49. The maximum Gasteiger partial charge on any atom is 0.193 e. The zero-order valence-electron chi connectivity index (χ0n) is 16.5. The van der Waals surface area contributed by atoms with Crippen LogP contribution in [-0.2, 0) is 0 Å². The van der Waals surface area contributed by atoms with Gasteiger partial charge in [0, 0.05) is 26.7 Å². The number of nitrogens with zero attached hydrogens (tertiary/aromatic N) is 3. The molecule has 0 aliphatic carbocycles. The molecule has 1 aromatic carbocycles. The lowest BCUT2D eigenvalue weighted by molar-refractivity contribution is 0.213. The second kappa shape index (κ2) is 10.5. The van der Waals surface area contributed by atoms with Gasteiger partial charge in [-0.15, -0.1) is 24.0 Å². The highest BCUT2D eigenvalue weighted by molar-refractivity contribution is 14.0. The van der Waals surface area contributed by atoms with Gasteiger partial charge in [0.15, 0.2) is 5.96 Å². The van der Waals surface area contributed by atoms with Crippen molar-refractivity contribution in [3.63, 3.8) is 0 Å². The first-order chi connectivity index (χ1) is 12.2. The first-order valence-electron chi connectivity index (χ1n) is 9.86. The lowest BCUT2D eigenvalue weighted by Gasteiger charge is -2.39. The van der Waals surface area contributed by atoms with Crippen molar-refractivity contribution in [2.45, 2.75) is 32.1 Å². The Morgan fingerprint density at radius 1 is 1.12 bits per heavy atom. The van der Waals surface area contributed by atoms with Gasteiger partial charge in [-0.25, -0.2) is 0 Å². The summed E-state index contributed by atoms with van der Waals surface area (Å²) in [6.07, 6.45) is 3.81. The van der Waals surface area contributed by atoms with Crippen LogP contribution in [0, 0.1) is 11.8 Å². The Morgan fingerprint density at radius 2 is 1.81 bits per heavy atom. The minimum atomic E-state index is 0. The number of piperidine rings is 2. The SMILES string of the molecule is CN=C(NCC1CCN(C)CC1)N1CCC(c2ccccc2)C(C)C1.I. The smallest absolute Gasteiger partial charge is 0.193 e. The topological polar surface area (TPSA) is 30.9 Å². The van der Waals surface area contributed by atoms with Crippen LogP contribution in [0.2, 0.25) is 0 Å². The van der Waals surface area contributed by atoms with Gasteiger partial charge in [-0.1, -0.05) is 37.3 Å². The van der Waals surface area contributed by atoms with Crippen molar-refractivity contribution in [3.8, 4) is 0 Å². The van der Waals surface area contributed by atoms with Crippen LogP contribution < -0.4 is 5.32 Å². The van der Waals surface area contributed by atoms with E-state index in [1.54, 1.807) is 0 Å². The quantitative estimate of drug-likeness (QED) is 0.416. The molecule has 5 heteroatoms. The van der Waals surface area contributed by atoms with Gasteiger partial charge in [-0.05, 0) is 62.7 Å². The average molecular weight is 470 g/mol. The van der Waals surface area contributed by atoms with Crippen LogP contribution in [0.3, 0.4) is 0 Å². The van der Waals surface area contributed by atoms with Crippen LogP contribution >= 0.6 is 24.0 Å². The molecule has 2 unspecified atom stereocenters. The predicted molar refractivity (Wildman–Crippen MR) is 122 cm³/mol. The van der Waals surface area contributed by atoms with Gasteiger partial charge in [0.25, 0.3) is 0 Å². The molecule has 26 heavy (non-hydrogen) atoms. The molecule has 0 spiro atoms. The highest BCUT2D eigenvalue weighted by atomic mass is 127. The summed E-state index contributed by atoms with van der Waals surface area (Å²) < 4.78 is 0. The van der Waals surface area contributed by atoms with Gasteiger partial charge >= 0.3 is 0 Å². The fraction of sp³-hybridized carbons (Fsp3) is 0.667. The van der Waals surface area contributed by atoms with Gasteiger partial charge in [-0.2, -0.15) is 0 Å². The monoisotopic (exact) mass is 470 g/mol. The van der Waals surface area contributed by atoms with E-state index < -0.39 is 0 Å². The normalized spacial score (nSPS) is 25.7. The Hall–Kier alpha value is -0.820. The van der Waals surface area contributed by atoms with Crippen molar-refractivity contribution in [2.24, 2.45) is 16.8 Å². The number of likely N-dealkylation sites (tertiary alicyclic amines) is 2. The first kappa shape index (κ1) is 21.5. The van der Waals surface area contributed by atoms with E-state index >= 15 is 0 Å². The van der Waals surface area contributed by atoms with Gasteiger partial charge < -0.3 is 15.1 Å². The van der Waals surface area contributed by atoms with E-state index in [0.717, 1.165) is 31.5 Å². The third-order valence-corrected chi connectivity index (χ3v) is 6.03. The molecule has 2 saturated heterocycles. The Bertz CT molecular complexity index is 554. The molecule has 2 atom stereocenters. The molecule has 2 heterocycles. The molecule has 146 valence electrons. The molecule has 0 radical (unpaired) electrons. The van der Waals surface area contributed by atoms with Crippen LogP contribution in [0.25, 0.3) is 0 Å². The summed E-state index contributed by atoms with van der Waals surface area (Å²) >= 11 is 0. The Balaban J connectivity index is 0.00000243. The lowest BCUT2D eigenvalue weighted by atomic mass is 9.82. The van der Waals surface area contributed by atoms with Gasteiger partial charge in [0.2, 0.25) is 0 Å². The van der Waals surface area contributed by atoms with E-state index in [0.29, 0.717) is 11.8 Å². The number of hydrogen-bond donors (Lipinski definition) is 1. The predicted octanol–water partition coefficient (Wildman–Crippen LogP) is 3.65. The molecular formula is C21H35IN4. The fourth-order valence-corrected chi connectivity index (χ4v) is 4.37. The molecule has 0 aromatic heterocycles. The molecule has 0 amide bonds. The van der Waals surface area contributed by atoms with Crippen molar-refractivity contribution in [3.05, 3.63) is 35.9 Å². The largest absolute Gasteiger partial charge is 0.356 e. The van der Waals surface area contributed by atoms with E-state index in [1.807, 2.05) is 7.05 Å². The first-order valence-corrected chi connectivity index (χ1v) is 9.86. The molecule has 0 bridgehead atoms. The van der Waals surface area contributed by atoms with Crippen molar-refractivity contribution in [1.82, 2.24) is 15.1 Å². The summed E-state index contributed by atoms with van der Waals surface area (Å²) in [5.41, 5.74) is 1.49. The van der Waals surface area contributed by atoms with E-state index in [2.05, 4.69) is 64.4 Å². The highest BCUT2D eigenvalue weighted by Gasteiger charge is 2.29. The molecule has 2 fully saturated rings. The summed E-state index contributed by atoms with van der Waals surface area (Å²) in [7, 11) is 4.14. The van der Waals surface area contributed by atoms with E-state index in [4.69, 9.17) is 0 Å². The summed E-state index contributed by atoms with van der Waals surface area (Å²) in [5.74, 6) is 3.20. The third kappa shape index (κ3) is 5.59. The summed E-state index contributed by atoms with van der Waals surface area (Å²) in [6, 6.07) is 11.0. The van der Waals surface area contributed by atoms with Crippen LogP contribution in [0.5, 0.6) is 0 Å². The molecule has 4 nitrogen and oxygen atoms in total. The van der Waals surface area contributed by atoms with E-state index in [9.17, 15) is 0 Å². The zero-order chi connectivity index (χ0) is 17.6. The third-order valence-electron chi connectivity index (χ3n) is 6.03. The van der Waals surface area contributed by atoms with Crippen molar-refractivity contribution < 1.29 is 0 Å². The fourth-order valence-electron chi connectivity index (χ4n) is 4.37. The van der Waals surface area contributed by atoms with Crippen molar-refractivity contribution >= 4 is 29.9 Å². The Labute approximate surface area is 176 Å². The van der Waals surface area contributed by atoms with Crippen LogP contribution in [0.1, 0.15) is 37.7 Å². The second-order valence-electron chi connectivity index (χ2n) is 7.90. The van der Waals surface area contributed by atoms with E-state index in [-0.39, 0.29) is 24.0 Å². The second-order valence-corrected chi connectivity index (χ2v) is 7.90. The van der Waals surface area contributed by atoms with Gasteiger partial charge in [0.05, 0.1) is 0 Å². The maximum absolute atomic E-state index is 4.56. The minimum absolute atomic E-state index is 0. The number of benzene rings is 1. The molecule has 0 saturated carbocycles. The number of nitrogens with one attached hydrogen (secondary N) is 1. The van der Waals surface area contributed by atoms with Gasteiger partial charge in [-0.3, -0.25) is 4.99 Å². The minimum Gasteiger partial charge on any atom is -0.356 e. The number of guanidine groups is 1. The standard InChI is InChI=1S/C21H34N4.HI/c1-17-16-25(14-11-20(17)19-7-5-4-6-8-19)21(22-2)23-15-18-9-12-24(3)13-10-18;/h4-8,17-18,20H,9-16H2,1-3H3,(H,22,23);1H. The van der Waals surface area contributed by atoms with E-state index in [1.165, 1.54) is 37.9 Å². The maximum atomic E-state index is 4.56. The summed E-state index contributed by atoms with van der Waals surface area (Å²) in [4.78, 5) is 9.45. The number of halogens is 1. The number of aliphatic imine (C=N–C) groups is 1. The Morgan fingerprint density at radius 3 is 2.42 bits per heavy atom. The summed E-state index contributed by atoms with van der Waals surface area (Å²) in [6.45, 7) is 8.08.